The fourth-order valence-electron chi connectivity index (χ4n) is 3.74. The van der Waals surface area contributed by atoms with Crippen molar-refractivity contribution in [3.63, 3.8) is 0 Å². The van der Waals surface area contributed by atoms with Crippen LogP contribution in [0.15, 0.2) is 36.4 Å². The molecule has 0 bridgehead atoms. The standard InChI is InChI=1S/C15H19NO5.C15H30O/c1-2-3-4-5-6-15(17)20-11-13-7-9-14(10-8-13)12-21-16(18)19;1-4-7-8-9-10-11-15(16)13-12-14(5-2)6-3/h2-3,7-10H,4-6,11-12H2,1H3;14H,4-13H2,1-3H3/b3-2-;. The molecule has 0 aliphatic carbocycles. The third-order valence-electron chi connectivity index (χ3n) is 6.29. The van der Waals surface area contributed by atoms with Crippen molar-refractivity contribution in [1.82, 2.24) is 0 Å². The van der Waals surface area contributed by atoms with Crippen molar-refractivity contribution in [1.29, 1.82) is 0 Å². The van der Waals surface area contributed by atoms with Gasteiger partial charge in [-0.2, -0.15) is 0 Å². The molecule has 7 nitrogen and oxygen atoms in total. The molecule has 1 rings (SSSR count). The number of Topliss-reactive ketones (excluding diaryl/α,β-unsaturated/α-hetero) is 1. The van der Waals surface area contributed by atoms with Crippen LogP contribution in [0.2, 0.25) is 0 Å². The van der Waals surface area contributed by atoms with Gasteiger partial charge in [-0.25, -0.2) is 0 Å². The first-order valence-corrected chi connectivity index (χ1v) is 14.0. The van der Waals surface area contributed by atoms with E-state index in [4.69, 9.17) is 4.74 Å². The number of nitrogens with zero attached hydrogens (tertiary/aromatic N) is 1. The lowest BCUT2D eigenvalue weighted by Crippen LogP contribution is -2.04. The molecule has 1 aromatic rings. The van der Waals surface area contributed by atoms with E-state index in [0.717, 1.165) is 50.0 Å². The number of ether oxygens (including phenoxy) is 1. The molecule has 0 N–H and O–H groups in total. The summed E-state index contributed by atoms with van der Waals surface area (Å²) < 4.78 is 5.14. The van der Waals surface area contributed by atoms with E-state index in [1.54, 1.807) is 24.3 Å². The number of unbranched alkanes of at least 4 members (excludes halogenated alkanes) is 5. The molecule has 0 saturated heterocycles. The summed E-state index contributed by atoms with van der Waals surface area (Å²) in [6.45, 7) is 8.74. The predicted octanol–water partition coefficient (Wildman–Crippen LogP) is 8.32. The van der Waals surface area contributed by atoms with Crippen LogP contribution in [0.3, 0.4) is 0 Å². The van der Waals surface area contributed by atoms with Crippen molar-refractivity contribution in [3.05, 3.63) is 57.7 Å². The van der Waals surface area contributed by atoms with Gasteiger partial charge in [-0.1, -0.05) is 95.7 Å². The van der Waals surface area contributed by atoms with E-state index in [0.29, 0.717) is 17.8 Å². The van der Waals surface area contributed by atoms with Gasteiger partial charge in [-0.3, -0.25) is 9.59 Å². The van der Waals surface area contributed by atoms with E-state index >= 15 is 0 Å². The molecule has 37 heavy (non-hydrogen) atoms. The summed E-state index contributed by atoms with van der Waals surface area (Å²) in [4.78, 5) is 37.4. The minimum atomic E-state index is -0.830. The molecule has 0 atom stereocenters. The molecular weight excluding hydrogens is 470 g/mol. The highest BCUT2D eigenvalue weighted by Gasteiger charge is 2.07. The molecule has 0 amide bonds. The van der Waals surface area contributed by atoms with Crippen LogP contribution in [-0.4, -0.2) is 16.8 Å². The van der Waals surface area contributed by atoms with Gasteiger partial charge in [0, 0.05) is 19.3 Å². The molecule has 0 heterocycles. The van der Waals surface area contributed by atoms with E-state index in [2.05, 4.69) is 25.6 Å². The van der Waals surface area contributed by atoms with E-state index in [1.807, 2.05) is 19.1 Å². The Kier molecular flexibility index (Phi) is 22.0. The smallest absolute Gasteiger partial charge is 0.306 e. The first kappa shape index (κ1) is 34.3. The highest BCUT2D eigenvalue weighted by Crippen LogP contribution is 2.16. The molecule has 210 valence electrons. The molecule has 0 aromatic heterocycles. The molecular formula is C30H49NO6. The number of allylic oxidation sites excluding steroid dienone is 2. The Balaban J connectivity index is 0.000000730. The van der Waals surface area contributed by atoms with Crippen molar-refractivity contribution in [2.24, 2.45) is 5.92 Å². The van der Waals surface area contributed by atoms with Crippen LogP contribution in [0.25, 0.3) is 0 Å². The minimum absolute atomic E-state index is 0.0853. The van der Waals surface area contributed by atoms with Crippen LogP contribution in [-0.2, 0) is 32.4 Å². The van der Waals surface area contributed by atoms with Gasteiger partial charge in [0.15, 0.2) is 0 Å². The highest BCUT2D eigenvalue weighted by atomic mass is 16.9. The van der Waals surface area contributed by atoms with E-state index in [1.165, 1.54) is 38.5 Å². The van der Waals surface area contributed by atoms with Gasteiger partial charge in [0.25, 0.3) is 5.09 Å². The summed E-state index contributed by atoms with van der Waals surface area (Å²) in [5, 5.41) is 9.24. The minimum Gasteiger partial charge on any atom is -0.461 e. The van der Waals surface area contributed by atoms with Crippen LogP contribution in [0.4, 0.5) is 0 Å². The number of ketones is 1. The summed E-state index contributed by atoms with van der Waals surface area (Å²) in [5.41, 5.74) is 1.52. The number of esters is 1. The summed E-state index contributed by atoms with van der Waals surface area (Å²) >= 11 is 0. The van der Waals surface area contributed by atoms with Crippen LogP contribution in [0.1, 0.15) is 122 Å². The Morgan fingerprint density at radius 1 is 0.892 bits per heavy atom. The number of benzene rings is 1. The molecule has 0 spiro atoms. The Bertz CT molecular complexity index is 756. The van der Waals surface area contributed by atoms with Gasteiger partial charge >= 0.3 is 5.97 Å². The molecule has 0 radical (unpaired) electrons. The summed E-state index contributed by atoms with van der Waals surface area (Å²) in [7, 11) is 0. The molecule has 7 heteroatoms. The largest absolute Gasteiger partial charge is 0.461 e. The van der Waals surface area contributed by atoms with Crippen LogP contribution in [0.5, 0.6) is 0 Å². The van der Waals surface area contributed by atoms with Crippen LogP contribution < -0.4 is 0 Å². The van der Waals surface area contributed by atoms with Crippen molar-refractivity contribution in [2.45, 2.75) is 124 Å². The maximum atomic E-state index is 11.6. The summed E-state index contributed by atoms with van der Waals surface area (Å²) in [6.07, 6.45) is 17.5. The molecule has 1 aromatic carbocycles. The summed E-state index contributed by atoms with van der Waals surface area (Å²) in [6, 6.07) is 6.93. The number of carbonyl (C=O) groups is 2. The van der Waals surface area contributed by atoms with Gasteiger partial charge in [0.05, 0.1) is 0 Å². The van der Waals surface area contributed by atoms with E-state index in [-0.39, 0.29) is 19.2 Å². The second-order valence-electron chi connectivity index (χ2n) is 9.36. The van der Waals surface area contributed by atoms with Crippen molar-refractivity contribution in [2.75, 3.05) is 0 Å². The van der Waals surface area contributed by atoms with Gasteiger partial charge in [-0.15, -0.1) is 10.1 Å². The zero-order valence-electron chi connectivity index (χ0n) is 23.5. The number of hydrogen-bond acceptors (Lipinski definition) is 6. The molecule has 0 fully saturated rings. The second-order valence-corrected chi connectivity index (χ2v) is 9.36. The highest BCUT2D eigenvalue weighted by molar-refractivity contribution is 5.78. The SMILES string of the molecule is C/C=C\CCCC(=O)OCc1ccc(CO[N+](=O)[O-])cc1.CCCCCCCC(=O)CCC(CC)CC. The molecule has 0 unspecified atom stereocenters. The Labute approximate surface area is 224 Å². The maximum absolute atomic E-state index is 11.6. The third-order valence-corrected chi connectivity index (χ3v) is 6.29. The van der Waals surface area contributed by atoms with Crippen LogP contribution >= 0.6 is 0 Å². The van der Waals surface area contributed by atoms with Gasteiger partial charge in [0.2, 0.25) is 0 Å². The fraction of sp³-hybridized carbons (Fsp3) is 0.667. The number of rotatable bonds is 20. The monoisotopic (exact) mass is 519 g/mol. The Hall–Kier alpha value is -2.70. The van der Waals surface area contributed by atoms with E-state index in [9.17, 15) is 19.7 Å². The van der Waals surface area contributed by atoms with Crippen LogP contribution in [0, 0.1) is 16.0 Å². The first-order chi connectivity index (χ1) is 17.9. The topological polar surface area (TPSA) is 95.7 Å². The molecule has 0 aliphatic heterocycles. The average molecular weight is 520 g/mol. The maximum Gasteiger partial charge on any atom is 0.306 e. The fourth-order valence-corrected chi connectivity index (χ4v) is 3.74. The normalized spacial score (nSPS) is 10.7. The lowest BCUT2D eigenvalue weighted by Gasteiger charge is -2.10. The number of hydrogen-bond donors (Lipinski definition) is 0. The average Bonchev–Trinajstić information content (AvgIpc) is 2.90. The Morgan fingerprint density at radius 3 is 2.08 bits per heavy atom. The predicted molar refractivity (Wildman–Crippen MR) is 148 cm³/mol. The zero-order chi connectivity index (χ0) is 27.7. The quantitative estimate of drug-likeness (QED) is 0.0565. The lowest BCUT2D eigenvalue weighted by atomic mass is 9.95. The van der Waals surface area contributed by atoms with Gasteiger partial charge < -0.3 is 9.57 Å². The van der Waals surface area contributed by atoms with Gasteiger partial charge in [-0.05, 0) is 49.7 Å². The summed E-state index contributed by atoms with van der Waals surface area (Å²) in [5.74, 6) is 1.03. The first-order valence-electron chi connectivity index (χ1n) is 14.0. The van der Waals surface area contributed by atoms with Crippen molar-refractivity contribution < 1.29 is 24.3 Å². The zero-order valence-corrected chi connectivity index (χ0v) is 23.5. The number of carbonyl (C=O) groups excluding carboxylic acids is 2. The second kappa shape index (κ2) is 23.7. The van der Waals surface area contributed by atoms with Gasteiger partial charge in [0.1, 0.15) is 19.0 Å². The molecule has 0 saturated carbocycles. The van der Waals surface area contributed by atoms with Crippen molar-refractivity contribution in [3.8, 4) is 0 Å². The lowest BCUT2D eigenvalue weighted by molar-refractivity contribution is -0.763. The molecule has 0 aliphatic rings. The van der Waals surface area contributed by atoms with E-state index < -0.39 is 5.09 Å². The Morgan fingerprint density at radius 2 is 1.51 bits per heavy atom. The van der Waals surface area contributed by atoms with Crippen molar-refractivity contribution >= 4 is 11.8 Å². The third kappa shape index (κ3) is 21.1.